The molecule has 2 N–H and O–H groups in total. The summed E-state index contributed by atoms with van der Waals surface area (Å²) in [6.07, 6.45) is 11.4. The van der Waals surface area contributed by atoms with E-state index in [0.29, 0.717) is 52.9 Å². The Bertz CT molecular complexity index is 3860. The highest BCUT2D eigenvalue weighted by molar-refractivity contribution is 6.00. The van der Waals surface area contributed by atoms with Crippen LogP contribution in [0, 0.1) is 0 Å². The summed E-state index contributed by atoms with van der Waals surface area (Å²) in [5.41, 5.74) is 14.2. The molecule has 0 saturated heterocycles. The molecule has 0 fully saturated rings. The molecule has 0 amide bonds. The fourth-order valence-corrected chi connectivity index (χ4v) is 11.1. The molecule has 8 aromatic carbocycles. The van der Waals surface area contributed by atoms with Crippen LogP contribution in [0.3, 0.4) is 0 Å². The molecule has 0 spiro atoms. The zero-order valence-corrected chi connectivity index (χ0v) is 51.0. The van der Waals surface area contributed by atoms with Gasteiger partial charge in [-0.15, -0.1) is 0 Å². The average molecular weight is 1220 g/mol. The van der Waals surface area contributed by atoms with Crippen molar-refractivity contribution in [1.29, 1.82) is 0 Å². The van der Waals surface area contributed by atoms with Crippen molar-refractivity contribution in [3.8, 4) is 90.5 Å². The largest absolute Gasteiger partial charge is 0.493 e. The zero-order valence-electron chi connectivity index (χ0n) is 51.0. The number of hydrogen-bond donors (Lipinski definition) is 2. The highest BCUT2D eigenvalue weighted by Gasteiger charge is 2.20. The smallest absolute Gasteiger partial charge is 0.119 e. The second-order valence-electron chi connectivity index (χ2n) is 22.1. The van der Waals surface area contributed by atoms with Crippen molar-refractivity contribution in [2.24, 2.45) is 0 Å². The number of hydrogen-bond acceptors (Lipinski definition) is 10. The normalized spacial score (nSPS) is 11.5. The molecule has 0 unspecified atom stereocenters. The molecule has 5 heterocycles. The van der Waals surface area contributed by atoms with Crippen LogP contribution in [0.4, 0.5) is 0 Å². The molecule has 13 rings (SSSR count). The van der Waals surface area contributed by atoms with Crippen LogP contribution in [0.1, 0.15) is 48.5 Å². The van der Waals surface area contributed by atoms with Gasteiger partial charge in [0.1, 0.15) is 46.0 Å². The van der Waals surface area contributed by atoms with Gasteiger partial charge in [-0.1, -0.05) is 121 Å². The first-order valence-electron chi connectivity index (χ1n) is 31.4. The van der Waals surface area contributed by atoms with Crippen LogP contribution in [0.2, 0.25) is 0 Å². The van der Waals surface area contributed by atoms with E-state index in [1.165, 1.54) is 0 Å². The maximum Gasteiger partial charge on any atom is 0.119 e. The lowest BCUT2D eigenvalue weighted by molar-refractivity contribution is 0.247. The molecule has 12 heteroatoms. The van der Waals surface area contributed by atoms with Gasteiger partial charge in [0.15, 0.2) is 0 Å². The van der Waals surface area contributed by atoms with Crippen molar-refractivity contribution in [2.75, 3.05) is 52.9 Å². The Morgan fingerprint density at radius 2 is 0.391 bits per heavy atom. The van der Waals surface area contributed by atoms with E-state index >= 15 is 0 Å². The van der Waals surface area contributed by atoms with Crippen molar-refractivity contribution in [3.63, 3.8) is 0 Å². The van der Waals surface area contributed by atoms with E-state index in [9.17, 15) is 0 Å². The van der Waals surface area contributed by atoms with Crippen LogP contribution in [-0.4, -0.2) is 72.8 Å². The number of ether oxygens (including phenoxy) is 8. The Balaban J connectivity index is 0.884. The van der Waals surface area contributed by atoms with Gasteiger partial charge in [-0.05, 0) is 168 Å². The minimum atomic E-state index is 0.506. The van der Waals surface area contributed by atoms with E-state index < -0.39 is 0 Å². The second kappa shape index (κ2) is 29.8. The van der Waals surface area contributed by atoms with Gasteiger partial charge < -0.3 is 47.9 Å². The predicted molar refractivity (Wildman–Crippen MR) is 369 cm³/mol. The van der Waals surface area contributed by atoms with Crippen LogP contribution in [0.25, 0.3) is 90.9 Å². The molecule has 0 aliphatic carbocycles. The Kier molecular flexibility index (Phi) is 19.4. The number of para-hydroxylation sites is 4. The molecule has 12 nitrogen and oxygen atoms in total. The maximum absolute atomic E-state index is 6.28. The second-order valence-corrected chi connectivity index (χ2v) is 22.1. The quantitative estimate of drug-likeness (QED) is 0.0457. The summed E-state index contributed by atoms with van der Waals surface area (Å²) in [4.78, 5) is 18.9. The molecule has 0 atom stereocenters. The third kappa shape index (κ3) is 15.2. The molecule has 0 radical (unpaired) electrons. The summed E-state index contributed by atoms with van der Waals surface area (Å²) in [5.74, 6) is 6.43. The number of fused-ring (bicyclic) bond motifs is 8. The van der Waals surface area contributed by atoms with Crippen LogP contribution in [0.5, 0.6) is 46.0 Å². The molecular formula is C80H70N4O8. The topological polar surface area (TPSA) is 131 Å². The molecule has 8 bridgehead atoms. The summed E-state index contributed by atoms with van der Waals surface area (Å²) < 4.78 is 48.9. The molecule has 92 heavy (non-hydrogen) atoms. The molecule has 0 saturated carbocycles. The first-order valence-corrected chi connectivity index (χ1v) is 31.4. The SMILES string of the molecule is C1=Cc2nc1c(-c1ccc(OCCCOc3ccccc3)cc1)c1ccc([nH]1)c(-c1ccc(OCCCOc3ccccc3)cc1)c1nc(c(-c3ccc(OCCCOc4ccccc4)cc3)c3ccc([nH]3)c2-c2ccc(OCCCOc3ccccc3)cc2)C=C1. The number of nitrogens with one attached hydrogen (secondary N) is 2. The summed E-state index contributed by atoms with van der Waals surface area (Å²) in [6, 6.07) is 81.0. The number of nitrogens with zero attached hydrogens (tertiary/aromatic N) is 2. The Morgan fingerprint density at radius 1 is 0.207 bits per heavy atom. The van der Waals surface area contributed by atoms with Gasteiger partial charge >= 0.3 is 0 Å². The van der Waals surface area contributed by atoms with Crippen LogP contribution in [-0.2, 0) is 0 Å². The lowest BCUT2D eigenvalue weighted by Gasteiger charge is -2.10. The maximum atomic E-state index is 6.28. The fraction of sp³-hybridized carbons (Fsp3) is 0.150. The van der Waals surface area contributed by atoms with Gasteiger partial charge in [0.2, 0.25) is 0 Å². The van der Waals surface area contributed by atoms with E-state index in [2.05, 4.69) is 107 Å². The lowest BCUT2D eigenvalue weighted by atomic mass is 10.0. The van der Waals surface area contributed by atoms with E-state index in [0.717, 1.165) is 161 Å². The van der Waals surface area contributed by atoms with Crippen LogP contribution < -0.4 is 37.9 Å². The number of rotatable bonds is 28. The molecular weight excluding hydrogens is 1140 g/mol. The van der Waals surface area contributed by atoms with Crippen molar-refractivity contribution in [1.82, 2.24) is 19.9 Å². The molecule has 458 valence electrons. The predicted octanol–water partition coefficient (Wildman–Crippen LogP) is 18.7. The number of aromatic nitrogens is 4. The van der Waals surface area contributed by atoms with Crippen molar-refractivity contribution in [2.45, 2.75) is 25.7 Å². The monoisotopic (exact) mass is 1210 g/mol. The highest BCUT2D eigenvalue weighted by Crippen LogP contribution is 2.40. The van der Waals surface area contributed by atoms with Gasteiger partial charge in [-0.2, -0.15) is 0 Å². The highest BCUT2D eigenvalue weighted by atomic mass is 16.5. The third-order valence-corrected chi connectivity index (χ3v) is 15.6. The first-order chi connectivity index (χ1) is 45.6. The van der Waals surface area contributed by atoms with Gasteiger partial charge in [-0.3, -0.25) is 0 Å². The van der Waals surface area contributed by atoms with E-state index in [4.69, 9.17) is 47.9 Å². The van der Waals surface area contributed by atoms with Gasteiger partial charge in [0, 0.05) is 70.0 Å². The minimum Gasteiger partial charge on any atom is -0.493 e. The molecule has 3 aromatic heterocycles. The number of H-pyrrole nitrogens is 2. The van der Waals surface area contributed by atoms with Crippen LogP contribution in [0.15, 0.2) is 243 Å². The van der Waals surface area contributed by atoms with Crippen molar-refractivity contribution >= 4 is 46.4 Å². The van der Waals surface area contributed by atoms with E-state index in [1.54, 1.807) is 0 Å². The average Bonchev–Trinajstić information content (AvgIpc) is 1.70. The lowest BCUT2D eigenvalue weighted by Crippen LogP contribution is -2.04. The Labute approximate surface area is 536 Å². The zero-order chi connectivity index (χ0) is 61.9. The van der Waals surface area contributed by atoms with Gasteiger partial charge in [-0.25, -0.2) is 9.97 Å². The minimum absolute atomic E-state index is 0.506. The van der Waals surface area contributed by atoms with Crippen molar-refractivity contribution in [3.05, 3.63) is 265 Å². The van der Waals surface area contributed by atoms with Crippen LogP contribution >= 0.6 is 0 Å². The fourth-order valence-electron chi connectivity index (χ4n) is 11.1. The number of aromatic amines is 2. The molecule has 2 aliphatic heterocycles. The third-order valence-electron chi connectivity index (χ3n) is 15.6. The standard InChI is InChI=1S/C80H70N4O8/c1-5-17-61(18-6-1)85-49-13-53-89-65-33-25-57(26-34-65)77-69-41-43-71(81-69)78(58-27-35-66(36-28-58)90-54-14-50-86-62-19-7-2-8-20-62)73-45-47-75(83-73)80(60-31-39-68(40-32-60)92-56-16-52-88-64-23-11-4-12-24-64)76-48-46-74(84-76)79(72-44-42-70(77)82-72)59-29-37-67(38-30-59)91-55-15-51-87-63-21-9-3-10-22-63/h1-12,17-48,81,84H,13-16,49-56H2. The van der Waals surface area contributed by atoms with Gasteiger partial charge in [0.25, 0.3) is 0 Å². The summed E-state index contributed by atoms with van der Waals surface area (Å²) >= 11 is 0. The Morgan fingerprint density at radius 3 is 0.587 bits per heavy atom. The molecule has 11 aromatic rings. The van der Waals surface area contributed by atoms with Gasteiger partial charge in [0.05, 0.1) is 75.6 Å². The Hall–Kier alpha value is -11.2. The van der Waals surface area contributed by atoms with E-state index in [1.807, 2.05) is 170 Å². The van der Waals surface area contributed by atoms with Crippen molar-refractivity contribution < 1.29 is 37.9 Å². The number of benzene rings is 8. The molecule has 2 aliphatic rings. The summed E-state index contributed by atoms with van der Waals surface area (Å²) in [7, 11) is 0. The summed E-state index contributed by atoms with van der Waals surface area (Å²) in [6.45, 7) is 4.22. The summed E-state index contributed by atoms with van der Waals surface area (Å²) in [5, 5.41) is 0. The first kappa shape index (κ1) is 59.7. The van der Waals surface area contributed by atoms with E-state index in [-0.39, 0.29) is 0 Å².